The molecule has 2 aromatic carbocycles. The third kappa shape index (κ3) is 2.73. The summed E-state index contributed by atoms with van der Waals surface area (Å²) in [5, 5.41) is 0. The van der Waals surface area contributed by atoms with Crippen LogP contribution in [0.1, 0.15) is 25.0 Å². The lowest BCUT2D eigenvalue weighted by Crippen LogP contribution is -2.48. The topological polar surface area (TPSA) is 15.7 Å². The van der Waals surface area contributed by atoms with Crippen molar-refractivity contribution in [2.75, 3.05) is 43.3 Å². The Bertz CT molecular complexity index is 872. The van der Waals surface area contributed by atoms with Gasteiger partial charge in [0, 0.05) is 43.2 Å². The molecular formula is C23H28N2OS. The maximum Gasteiger partial charge on any atom is 0.119 e. The van der Waals surface area contributed by atoms with Gasteiger partial charge < -0.3 is 14.5 Å². The van der Waals surface area contributed by atoms with E-state index in [1.54, 1.807) is 7.11 Å². The van der Waals surface area contributed by atoms with Crippen LogP contribution >= 0.6 is 11.8 Å². The number of anilines is 2. The second-order valence-corrected chi connectivity index (χ2v) is 9.34. The molecular weight excluding hydrogens is 352 g/mol. The van der Waals surface area contributed by atoms with Crippen LogP contribution in [0, 0.1) is 0 Å². The maximum absolute atomic E-state index is 5.50. The van der Waals surface area contributed by atoms with Crippen molar-refractivity contribution >= 4 is 29.2 Å². The molecule has 1 atom stereocenters. The van der Waals surface area contributed by atoms with E-state index in [4.69, 9.17) is 4.74 Å². The van der Waals surface area contributed by atoms with Gasteiger partial charge in [-0.2, -0.15) is 0 Å². The summed E-state index contributed by atoms with van der Waals surface area (Å²) in [6, 6.07) is 15.3. The Hall–Kier alpha value is -2.07. The molecule has 0 N–H and O–H groups in total. The lowest BCUT2D eigenvalue weighted by atomic mass is 9.79. The number of ether oxygens (including phenoxy) is 1. The minimum atomic E-state index is -0.0537. The summed E-state index contributed by atoms with van der Waals surface area (Å²) in [7, 11) is 5.89. The molecule has 1 fully saturated rings. The zero-order valence-corrected chi connectivity index (χ0v) is 17.6. The zero-order chi connectivity index (χ0) is 19.2. The second kappa shape index (κ2) is 6.52. The molecule has 4 heteroatoms. The number of thioether (sulfide) groups is 1. The number of hydrogen-bond acceptors (Lipinski definition) is 4. The van der Waals surface area contributed by atoms with Gasteiger partial charge in [-0.05, 0) is 47.5 Å². The van der Waals surface area contributed by atoms with Gasteiger partial charge in [-0.25, -0.2) is 0 Å². The number of fused-ring (bicyclic) bond motifs is 3. The first-order chi connectivity index (χ1) is 12.9. The quantitative estimate of drug-likeness (QED) is 0.740. The fraction of sp³-hybridized carbons (Fsp3) is 0.391. The summed E-state index contributed by atoms with van der Waals surface area (Å²) in [4.78, 5) is 4.66. The van der Waals surface area contributed by atoms with E-state index in [0.717, 1.165) is 18.0 Å². The fourth-order valence-corrected chi connectivity index (χ4v) is 5.93. The van der Waals surface area contributed by atoms with Gasteiger partial charge in [0.1, 0.15) is 10.6 Å². The van der Waals surface area contributed by atoms with E-state index in [2.05, 4.69) is 104 Å². The van der Waals surface area contributed by atoms with E-state index in [0.29, 0.717) is 0 Å². The van der Waals surface area contributed by atoms with E-state index < -0.39 is 0 Å². The van der Waals surface area contributed by atoms with Crippen LogP contribution in [0.2, 0.25) is 0 Å². The molecule has 142 valence electrons. The van der Waals surface area contributed by atoms with Crippen LogP contribution in [0.5, 0.6) is 5.75 Å². The highest BCUT2D eigenvalue weighted by Crippen LogP contribution is 2.60. The van der Waals surface area contributed by atoms with E-state index in [1.807, 2.05) is 0 Å². The largest absolute Gasteiger partial charge is 0.497 e. The van der Waals surface area contributed by atoms with Crippen LogP contribution in [0.4, 0.5) is 11.4 Å². The zero-order valence-electron chi connectivity index (χ0n) is 16.8. The third-order valence-corrected chi connectivity index (χ3v) is 7.71. The average Bonchev–Trinajstić information content (AvgIpc) is 3.17. The molecule has 0 aromatic heterocycles. The smallest absolute Gasteiger partial charge is 0.119 e. The fourth-order valence-electron chi connectivity index (χ4n) is 4.36. The number of methoxy groups -OCH3 is 1. The summed E-state index contributed by atoms with van der Waals surface area (Å²) in [6.07, 6.45) is 4.71. The third-order valence-electron chi connectivity index (χ3n) is 6.01. The second-order valence-electron chi connectivity index (χ2n) is 8.02. The van der Waals surface area contributed by atoms with Gasteiger partial charge in [0.15, 0.2) is 0 Å². The molecule has 2 heterocycles. The molecule has 1 unspecified atom stereocenters. The van der Waals surface area contributed by atoms with Crippen molar-refractivity contribution in [1.82, 2.24) is 0 Å². The van der Waals surface area contributed by atoms with Crippen LogP contribution in [0.15, 0.2) is 48.5 Å². The highest BCUT2D eigenvalue weighted by Gasteiger charge is 2.58. The predicted molar refractivity (Wildman–Crippen MR) is 118 cm³/mol. The Morgan fingerprint density at radius 1 is 1.11 bits per heavy atom. The molecule has 1 saturated heterocycles. The van der Waals surface area contributed by atoms with Crippen molar-refractivity contribution in [3.8, 4) is 5.75 Å². The van der Waals surface area contributed by atoms with Crippen molar-refractivity contribution in [3.05, 3.63) is 59.7 Å². The average molecular weight is 381 g/mol. The van der Waals surface area contributed by atoms with Crippen LogP contribution < -0.4 is 14.5 Å². The Labute approximate surface area is 167 Å². The Morgan fingerprint density at radius 2 is 1.85 bits per heavy atom. The highest BCUT2D eigenvalue weighted by atomic mass is 32.2. The number of benzene rings is 2. The van der Waals surface area contributed by atoms with Gasteiger partial charge in [-0.15, -0.1) is 11.8 Å². The molecule has 27 heavy (non-hydrogen) atoms. The highest BCUT2D eigenvalue weighted by molar-refractivity contribution is 8.01. The van der Waals surface area contributed by atoms with Gasteiger partial charge in [-0.3, -0.25) is 0 Å². The Kier molecular flexibility index (Phi) is 4.42. The van der Waals surface area contributed by atoms with E-state index >= 15 is 0 Å². The lowest BCUT2D eigenvalue weighted by molar-refractivity contribution is 0.410. The normalized spacial score (nSPS) is 22.8. The first-order valence-corrected chi connectivity index (χ1v) is 10.4. The molecule has 2 aliphatic heterocycles. The summed E-state index contributed by atoms with van der Waals surface area (Å²) in [6.45, 7) is 5.81. The van der Waals surface area contributed by atoms with Gasteiger partial charge in [0.05, 0.1) is 7.11 Å². The Balaban J connectivity index is 1.72. The van der Waals surface area contributed by atoms with Gasteiger partial charge in [0.2, 0.25) is 0 Å². The van der Waals surface area contributed by atoms with Crippen molar-refractivity contribution in [2.45, 2.75) is 24.1 Å². The molecule has 0 aliphatic carbocycles. The summed E-state index contributed by atoms with van der Waals surface area (Å²) >= 11 is 2.05. The van der Waals surface area contributed by atoms with E-state index in [-0.39, 0.29) is 10.3 Å². The summed E-state index contributed by atoms with van der Waals surface area (Å²) in [5.74, 6) is 2.09. The minimum absolute atomic E-state index is 0.00187. The molecule has 3 nitrogen and oxygen atoms in total. The van der Waals surface area contributed by atoms with Crippen LogP contribution in [0.3, 0.4) is 0 Å². The van der Waals surface area contributed by atoms with Crippen molar-refractivity contribution in [2.24, 2.45) is 0 Å². The minimum Gasteiger partial charge on any atom is -0.497 e. The number of rotatable bonds is 4. The summed E-state index contributed by atoms with van der Waals surface area (Å²) < 4.78 is 5.50. The van der Waals surface area contributed by atoms with Crippen molar-refractivity contribution in [1.29, 1.82) is 0 Å². The first kappa shape index (κ1) is 18.3. The number of hydrogen-bond donors (Lipinski definition) is 0. The van der Waals surface area contributed by atoms with Crippen molar-refractivity contribution in [3.63, 3.8) is 0 Å². The molecule has 0 saturated carbocycles. The first-order valence-electron chi connectivity index (χ1n) is 9.46. The van der Waals surface area contributed by atoms with E-state index in [9.17, 15) is 0 Å². The molecule has 0 bridgehead atoms. The van der Waals surface area contributed by atoms with Gasteiger partial charge in [0.25, 0.3) is 0 Å². The van der Waals surface area contributed by atoms with Crippen LogP contribution in [-0.4, -0.2) is 38.4 Å². The standard InChI is InChI=1S/C23H28N2OS/c1-22(2)20-16-19(26-5)10-11-21(20)25-14-15-27-23(22,25)13-12-17-6-8-18(9-7-17)24(3)4/h6-13,16H,14-15H2,1-5H3/b13-12+. The molecule has 2 aliphatic rings. The van der Waals surface area contributed by atoms with Gasteiger partial charge >= 0.3 is 0 Å². The van der Waals surface area contributed by atoms with Crippen molar-refractivity contribution < 1.29 is 4.74 Å². The molecule has 0 spiro atoms. The monoisotopic (exact) mass is 380 g/mol. The summed E-state index contributed by atoms with van der Waals surface area (Å²) in [5.41, 5.74) is 5.19. The molecule has 0 radical (unpaired) electrons. The maximum atomic E-state index is 5.50. The van der Waals surface area contributed by atoms with E-state index in [1.165, 1.54) is 22.5 Å². The van der Waals surface area contributed by atoms with Crippen LogP contribution in [0.25, 0.3) is 6.08 Å². The molecule has 4 rings (SSSR count). The molecule has 0 amide bonds. The molecule has 2 aromatic rings. The SMILES string of the molecule is COc1ccc2c(c1)C(C)(C)C1(/C=C/c3ccc(N(C)C)cc3)SCCN21. The predicted octanol–water partition coefficient (Wildman–Crippen LogP) is 5.02. The lowest BCUT2D eigenvalue weighted by Gasteiger charge is -2.40. The Morgan fingerprint density at radius 3 is 2.52 bits per heavy atom. The number of nitrogens with zero attached hydrogens (tertiary/aromatic N) is 2. The van der Waals surface area contributed by atoms with Crippen LogP contribution in [-0.2, 0) is 5.41 Å². The van der Waals surface area contributed by atoms with Gasteiger partial charge in [-0.1, -0.05) is 32.1 Å².